The highest BCUT2D eigenvalue weighted by Crippen LogP contribution is 2.20. The number of rotatable bonds is 7. The van der Waals surface area contributed by atoms with Crippen molar-refractivity contribution < 1.29 is 14.0 Å². The molecule has 3 aromatic rings. The van der Waals surface area contributed by atoms with Crippen LogP contribution in [0.2, 0.25) is 0 Å². The summed E-state index contributed by atoms with van der Waals surface area (Å²) in [5.74, 6) is -0.543. The number of nitrogens with zero attached hydrogens (tertiary/aromatic N) is 5. The van der Waals surface area contributed by atoms with Crippen molar-refractivity contribution in [2.75, 3.05) is 44.2 Å². The average Bonchev–Trinajstić information content (AvgIpc) is 3.15. The van der Waals surface area contributed by atoms with Crippen molar-refractivity contribution in [1.82, 2.24) is 20.0 Å². The first-order valence-corrected chi connectivity index (χ1v) is 12.0. The van der Waals surface area contributed by atoms with E-state index in [2.05, 4.69) is 21.7 Å². The van der Waals surface area contributed by atoms with Crippen molar-refractivity contribution in [2.24, 2.45) is 0 Å². The predicted octanol–water partition coefficient (Wildman–Crippen LogP) is 3.96. The Kier molecular flexibility index (Phi) is 8.05. The molecule has 36 heavy (non-hydrogen) atoms. The fraction of sp³-hybridized carbons (Fsp3) is 0.286. The smallest absolute Gasteiger partial charge is 0.257 e. The van der Waals surface area contributed by atoms with E-state index in [1.807, 2.05) is 43.3 Å². The highest BCUT2D eigenvalue weighted by molar-refractivity contribution is 5.96. The summed E-state index contributed by atoms with van der Waals surface area (Å²) in [7, 11) is 0. The summed E-state index contributed by atoms with van der Waals surface area (Å²) in [6.07, 6.45) is 2.30. The summed E-state index contributed by atoms with van der Waals surface area (Å²) in [4.78, 5) is 31.1. The number of aryl methyl sites for hydroxylation is 1. The van der Waals surface area contributed by atoms with E-state index >= 15 is 0 Å². The molecule has 0 bridgehead atoms. The number of carbonyl (C=O) groups excluding carboxylic acids is 2. The number of hydrogen-bond acceptors (Lipinski definition) is 5. The highest BCUT2D eigenvalue weighted by atomic mass is 19.1. The largest absolute Gasteiger partial charge is 0.353 e. The number of anilines is 1. The second-order valence-electron chi connectivity index (χ2n) is 8.82. The Morgan fingerprint density at radius 2 is 1.78 bits per heavy atom. The van der Waals surface area contributed by atoms with Crippen LogP contribution < -0.4 is 4.90 Å². The number of aromatic nitrogens is 2. The van der Waals surface area contributed by atoms with Crippen LogP contribution in [0.15, 0.2) is 73.3 Å². The minimum Gasteiger partial charge on any atom is -0.353 e. The molecule has 186 valence electrons. The normalized spacial score (nSPS) is 13.7. The highest BCUT2D eigenvalue weighted by Gasteiger charge is 2.25. The summed E-state index contributed by atoms with van der Waals surface area (Å²) in [6.45, 7) is 8.15. The molecule has 2 heterocycles. The zero-order valence-corrected chi connectivity index (χ0v) is 20.4. The zero-order valence-electron chi connectivity index (χ0n) is 20.4. The molecule has 2 amide bonds. The van der Waals surface area contributed by atoms with Gasteiger partial charge in [0.1, 0.15) is 12.4 Å². The standard InChI is InChI=1S/C28H30FN5O2/c1-3-15-34(28(36)23-7-4-5-8-24(23)29)20-27(35)33-17-6-16-32(18-19-33)26-14-13-25(30-31-26)22-11-9-21(2)10-12-22/h3-5,7-14H,1,6,15-20H2,2H3. The molecule has 8 heteroatoms. The van der Waals surface area contributed by atoms with Gasteiger partial charge in [-0.05, 0) is 37.6 Å². The molecule has 0 saturated carbocycles. The molecule has 1 aliphatic rings. The number of carbonyl (C=O) groups is 2. The van der Waals surface area contributed by atoms with E-state index < -0.39 is 11.7 Å². The van der Waals surface area contributed by atoms with Crippen molar-refractivity contribution in [3.8, 4) is 11.3 Å². The van der Waals surface area contributed by atoms with E-state index in [0.717, 1.165) is 30.0 Å². The molecular weight excluding hydrogens is 457 g/mol. The second-order valence-corrected chi connectivity index (χ2v) is 8.82. The van der Waals surface area contributed by atoms with Crippen molar-refractivity contribution in [1.29, 1.82) is 0 Å². The van der Waals surface area contributed by atoms with Crippen LogP contribution in [0.5, 0.6) is 0 Å². The molecule has 0 aliphatic carbocycles. The van der Waals surface area contributed by atoms with E-state index in [4.69, 9.17) is 0 Å². The maximum atomic E-state index is 14.1. The van der Waals surface area contributed by atoms with E-state index in [9.17, 15) is 14.0 Å². The first-order chi connectivity index (χ1) is 17.5. The first-order valence-electron chi connectivity index (χ1n) is 12.0. The Morgan fingerprint density at radius 3 is 2.47 bits per heavy atom. The van der Waals surface area contributed by atoms with Gasteiger partial charge >= 0.3 is 0 Å². The third-order valence-corrected chi connectivity index (χ3v) is 6.24. The van der Waals surface area contributed by atoms with Crippen LogP contribution in [0.4, 0.5) is 10.2 Å². The molecular formula is C28H30FN5O2. The molecule has 0 N–H and O–H groups in total. The maximum Gasteiger partial charge on any atom is 0.257 e. The Hall–Kier alpha value is -4.07. The topological polar surface area (TPSA) is 69.6 Å². The molecule has 1 fully saturated rings. The number of hydrogen-bond donors (Lipinski definition) is 0. The van der Waals surface area contributed by atoms with E-state index in [1.54, 1.807) is 11.0 Å². The van der Waals surface area contributed by atoms with E-state index in [-0.39, 0.29) is 24.6 Å². The quantitative estimate of drug-likeness (QED) is 0.472. The van der Waals surface area contributed by atoms with Gasteiger partial charge in [-0.25, -0.2) is 4.39 Å². The molecule has 1 aliphatic heterocycles. The van der Waals surface area contributed by atoms with E-state index in [1.165, 1.54) is 34.7 Å². The summed E-state index contributed by atoms with van der Waals surface area (Å²) in [5, 5.41) is 8.82. The van der Waals surface area contributed by atoms with Crippen molar-refractivity contribution in [3.63, 3.8) is 0 Å². The summed E-state index contributed by atoms with van der Waals surface area (Å²) in [6, 6.07) is 17.9. The Labute approximate surface area is 210 Å². The summed E-state index contributed by atoms with van der Waals surface area (Å²) >= 11 is 0. The SMILES string of the molecule is C=CCN(CC(=O)N1CCCN(c2ccc(-c3ccc(C)cc3)nn2)CC1)C(=O)c1ccccc1F. The number of benzene rings is 2. The molecule has 1 aromatic heterocycles. The van der Waals surface area contributed by atoms with Gasteiger partial charge in [0.25, 0.3) is 5.91 Å². The average molecular weight is 488 g/mol. The third kappa shape index (κ3) is 5.94. The minimum atomic E-state index is -0.607. The lowest BCUT2D eigenvalue weighted by Crippen LogP contribution is -2.44. The lowest BCUT2D eigenvalue weighted by Gasteiger charge is -2.26. The molecule has 0 unspecified atom stereocenters. The van der Waals surface area contributed by atoms with Crippen LogP contribution in [-0.4, -0.2) is 71.1 Å². The summed E-state index contributed by atoms with van der Waals surface area (Å²) < 4.78 is 14.1. The minimum absolute atomic E-state index is 0.0538. The Balaban J connectivity index is 1.38. The maximum absolute atomic E-state index is 14.1. The molecule has 4 rings (SSSR count). The van der Waals surface area contributed by atoms with Crippen molar-refractivity contribution in [3.05, 3.63) is 90.3 Å². The van der Waals surface area contributed by atoms with Crippen LogP contribution in [0.3, 0.4) is 0 Å². The Bertz CT molecular complexity index is 1210. The van der Waals surface area contributed by atoms with Crippen LogP contribution in [0, 0.1) is 12.7 Å². The molecule has 0 spiro atoms. The number of halogens is 1. The van der Waals surface area contributed by atoms with Crippen LogP contribution >= 0.6 is 0 Å². The van der Waals surface area contributed by atoms with Crippen molar-refractivity contribution >= 4 is 17.6 Å². The molecule has 0 atom stereocenters. The van der Waals surface area contributed by atoms with Gasteiger partial charge < -0.3 is 14.7 Å². The fourth-order valence-corrected chi connectivity index (χ4v) is 4.21. The molecule has 7 nitrogen and oxygen atoms in total. The lowest BCUT2D eigenvalue weighted by molar-refractivity contribution is -0.131. The van der Waals surface area contributed by atoms with Crippen LogP contribution in [0.25, 0.3) is 11.3 Å². The second kappa shape index (κ2) is 11.6. The van der Waals surface area contributed by atoms with Crippen LogP contribution in [-0.2, 0) is 4.79 Å². The number of amides is 2. The third-order valence-electron chi connectivity index (χ3n) is 6.24. The molecule has 0 radical (unpaired) electrons. The van der Waals surface area contributed by atoms with Gasteiger partial charge in [-0.2, -0.15) is 0 Å². The van der Waals surface area contributed by atoms with Gasteiger partial charge in [-0.1, -0.05) is 48.0 Å². The van der Waals surface area contributed by atoms with Gasteiger partial charge in [0.2, 0.25) is 5.91 Å². The van der Waals surface area contributed by atoms with Gasteiger partial charge in [0.05, 0.1) is 11.3 Å². The van der Waals surface area contributed by atoms with Gasteiger partial charge in [-0.3, -0.25) is 9.59 Å². The fourth-order valence-electron chi connectivity index (χ4n) is 4.21. The monoisotopic (exact) mass is 487 g/mol. The summed E-state index contributed by atoms with van der Waals surface area (Å²) in [5.41, 5.74) is 2.96. The van der Waals surface area contributed by atoms with Crippen molar-refractivity contribution in [2.45, 2.75) is 13.3 Å². The van der Waals surface area contributed by atoms with Gasteiger partial charge in [0, 0.05) is 38.3 Å². The Morgan fingerprint density at radius 1 is 1.00 bits per heavy atom. The predicted molar refractivity (Wildman–Crippen MR) is 138 cm³/mol. The lowest BCUT2D eigenvalue weighted by atomic mass is 10.1. The molecule has 1 saturated heterocycles. The van der Waals surface area contributed by atoms with Crippen LogP contribution in [0.1, 0.15) is 22.3 Å². The molecule has 2 aromatic carbocycles. The van der Waals surface area contributed by atoms with Gasteiger partial charge in [-0.15, -0.1) is 16.8 Å². The zero-order chi connectivity index (χ0) is 25.5. The van der Waals surface area contributed by atoms with E-state index in [0.29, 0.717) is 19.6 Å². The first kappa shape index (κ1) is 25.0. The van der Waals surface area contributed by atoms with Gasteiger partial charge in [0.15, 0.2) is 5.82 Å².